The Labute approximate surface area is 151 Å². The van der Waals surface area contributed by atoms with Crippen LogP contribution in [0.1, 0.15) is 23.8 Å². The number of nitrogens with one attached hydrogen (secondary N) is 2. The Bertz CT molecular complexity index is 1290. The third-order valence-corrected chi connectivity index (χ3v) is 4.77. The number of oxazole rings is 1. The van der Waals surface area contributed by atoms with Gasteiger partial charge in [-0.25, -0.2) is 15.0 Å². The summed E-state index contributed by atoms with van der Waals surface area (Å²) in [6.45, 7) is 0. The summed E-state index contributed by atoms with van der Waals surface area (Å²) < 4.78 is 11.2. The molecule has 0 aliphatic carbocycles. The first-order valence-electron chi connectivity index (χ1n) is 8.58. The molecule has 0 fully saturated rings. The monoisotopic (exact) mass is 359 g/mol. The van der Waals surface area contributed by atoms with E-state index in [1.54, 1.807) is 18.7 Å². The lowest BCUT2D eigenvalue weighted by Crippen LogP contribution is -2.14. The Morgan fingerprint density at radius 3 is 3.04 bits per heavy atom. The van der Waals surface area contributed by atoms with Gasteiger partial charge in [0.15, 0.2) is 23.6 Å². The van der Waals surface area contributed by atoms with Gasteiger partial charge in [0.05, 0.1) is 29.1 Å². The summed E-state index contributed by atoms with van der Waals surface area (Å²) in [5.74, 6) is 2.01. The summed E-state index contributed by atoms with van der Waals surface area (Å²) in [6, 6.07) is 3.91. The molecule has 5 aromatic rings. The second kappa shape index (κ2) is 5.37. The third kappa shape index (κ3) is 2.28. The second-order valence-corrected chi connectivity index (χ2v) is 6.44. The molecule has 6 rings (SSSR count). The van der Waals surface area contributed by atoms with Gasteiger partial charge < -0.3 is 19.1 Å². The van der Waals surface area contributed by atoms with Crippen LogP contribution in [-0.2, 0) is 6.42 Å². The van der Waals surface area contributed by atoms with Crippen LogP contribution < -0.4 is 4.74 Å². The molecule has 1 atom stereocenters. The van der Waals surface area contributed by atoms with E-state index in [1.807, 2.05) is 12.1 Å². The maximum absolute atomic E-state index is 5.93. The molecule has 0 saturated heterocycles. The average molecular weight is 359 g/mol. The van der Waals surface area contributed by atoms with Crippen molar-refractivity contribution in [1.82, 2.24) is 34.9 Å². The number of aryl methyl sites for hydroxylation is 1. The molecule has 9 heteroatoms. The van der Waals surface area contributed by atoms with Crippen molar-refractivity contribution in [2.24, 2.45) is 0 Å². The van der Waals surface area contributed by atoms with Crippen molar-refractivity contribution >= 4 is 22.2 Å². The number of fused-ring (bicyclic) bond motifs is 3. The van der Waals surface area contributed by atoms with Crippen molar-refractivity contribution < 1.29 is 9.15 Å². The summed E-state index contributed by atoms with van der Waals surface area (Å²) in [5.41, 5.74) is 4.89. The Kier molecular flexibility index (Phi) is 2.87. The van der Waals surface area contributed by atoms with Crippen LogP contribution in [0.3, 0.4) is 0 Å². The molecular formula is C18H13N7O2. The van der Waals surface area contributed by atoms with Crippen LogP contribution >= 0.6 is 0 Å². The first-order chi connectivity index (χ1) is 13.3. The molecule has 5 aromatic heterocycles. The summed E-state index contributed by atoms with van der Waals surface area (Å²) >= 11 is 0. The normalized spacial score (nSPS) is 16.5. The van der Waals surface area contributed by atoms with Gasteiger partial charge >= 0.3 is 0 Å². The molecule has 6 heterocycles. The lowest BCUT2D eigenvalue weighted by atomic mass is 10.0. The first kappa shape index (κ1) is 14.4. The Balaban J connectivity index is 1.37. The molecule has 1 unspecified atom stereocenters. The fourth-order valence-electron chi connectivity index (χ4n) is 3.39. The SMILES string of the molecule is c1nc2cc(-c3nc4ncc(C5CCc6ocnc6O5)cc4[nH]3)ncc2[nH]1. The van der Waals surface area contributed by atoms with E-state index in [0.29, 0.717) is 17.4 Å². The van der Waals surface area contributed by atoms with Gasteiger partial charge in [-0.05, 0) is 18.6 Å². The molecule has 0 amide bonds. The Hall–Kier alpha value is -3.75. The van der Waals surface area contributed by atoms with Crippen molar-refractivity contribution in [2.75, 3.05) is 0 Å². The number of hydrogen-bond acceptors (Lipinski definition) is 7. The minimum atomic E-state index is -0.107. The quantitative estimate of drug-likeness (QED) is 0.497. The van der Waals surface area contributed by atoms with Crippen LogP contribution in [0.4, 0.5) is 0 Å². The zero-order valence-corrected chi connectivity index (χ0v) is 14.0. The van der Waals surface area contributed by atoms with E-state index in [1.165, 1.54) is 6.39 Å². The minimum Gasteiger partial charge on any atom is -0.467 e. The van der Waals surface area contributed by atoms with E-state index >= 15 is 0 Å². The number of rotatable bonds is 2. The fourth-order valence-corrected chi connectivity index (χ4v) is 3.39. The van der Waals surface area contributed by atoms with E-state index in [0.717, 1.165) is 46.4 Å². The molecule has 0 saturated carbocycles. The molecule has 0 spiro atoms. The molecule has 1 aliphatic rings. The molecule has 0 bridgehead atoms. The lowest BCUT2D eigenvalue weighted by molar-refractivity contribution is 0.161. The van der Waals surface area contributed by atoms with Gasteiger partial charge in [0.25, 0.3) is 5.88 Å². The summed E-state index contributed by atoms with van der Waals surface area (Å²) in [6.07, 6.45) is 8.10. The van der Waals surface area contributed by atoms with Gasteiger partial charge in [-0.2, -0.15) is 4.98 Å². The number of nitrogens with zero attached hydrogens (tertiary/aromatic N) is 5. The minimum absolute atomic E-state index is 0.107. The zero-order chi connectivity index (χ0) is 17.8. The molecule has 9 nitrogen and oxygen atoms in total. The highest BCUT2D eigenvalue weighted by Crippen LogP contribution is 2.34. The maximum Gasteiger partial charge on any atom is 0.256 e. The van der Waals surface area contributed by atoms with Crippen molar-refractivity contribution in [1.29, 1.82) is 0 Å². The highest BCUT2D eigenvalue weighted by atomic mass is 16.5. The van der Waals surface area contributed by atoms with Gasteiger partial charge in [-0.3, -0.25) is 4.98 Å². The summed E-state index contributed by atoms with van der Waals surface area (Å²) in [4.78, 5) is 28.2. The summed E-state index contributed by atoms with van der Waals surface area (Å²) in [5, 5.41) is 0. The van der Waals surface area contributed by atoms with Crippen LogP contribution in [0.2, 0.25) is 0 Å². The number of aromatic amines is 2. The number of H-pyrrole nitrogens is 2. The Morgan fingerprint density at radius 1 is 1.04 bits per heavy atom. The molecule has 1 aliphatic heterocycles. The van der Waals surface area contributed by atoms with Gasteiger partial charge in [0.1, 0.15) is 11.8 Å². The van der Waals surface area contributed by atoms with Crippen molar-refractivity contribution in [3.05, 3.63) is 48.6 Å². The average Bonchev–Trinajstić information content (AvgIpc) is 3.44. The topological polar surface area (TPSA) is 118 Å². The highest BCUT2D eigenvalue weighted by molar-refractivity contribution is 5.80. The van der Waals surface area contributed by atoms with Gasteiger partial charge in [-0.1, -0.05) is 0 Å². The zero-order valence-electron chi connectivity index (χ0n) is 14.0. The number of aromatic nitrogens is 7. The van der Waals surface area contributed by atoms with Crippen LogP contribution in [0, 0.1) is 0 Å². The molecule has 0 aromatic carbocycles. The van der Waals surface area contributed by atoms with Crippen LogP contribution in [0.5, 0.6) is 5.88 Å². The van der Waals surface area contributed by atoms with Gasteiger partial charge in [-0.15, -0.1) is 0 Å². The predicted octanol–water partition coefficient (Wildman–Crippen LogP) is 2.95. The van der Waals surface area contributed by atoms with Crippen LogP contribution in [-0.4, -0.2) is 34.9 Å². The van der Waals surface area contributed by atoms with Crippen molar-refractivity contribution in [2.45, 2.75) is 18.9 Å². The third-order valence-electron chi connectivity index (χ3n) is 4.77. The van der Waals surface area contributed by atoms with E-state index < -0.39 is 0 Å². The van der Waals surface area contributed by atoms with Crippen LogP contribution in [0.25, 0.3) is 33.7 Å². The van der Waals surface area contributed by atoms with Crippen molar-refractivity contribution in [3.8, 4) is 17.4 Å². The van der Waals surface area contributed by atoms with Crippen molar-refractivity contribution in [3.63, 3.8) is 0 Å². The maximum atomic E-state index is 5.93. The smallest absolute Gasteiger partial charge is 0.256 e. The molecule has 132 valence electrons. The molecule has 27 heavy (non-hydrogen) atoms. The largest absolute Gasteiger partial charge is 0.467 e. The first-order valence-corrected chi connectivity index (χ1v) is 8.58. The van der Waals surface area contributed by atoms with Crippen LogP contribution in [0.15, 0.2) is 41.7 Å². The van der Waals surface area contributed by atoms with E-state index in [-0.39, 0.29) is 6.10 Å². The van der Waals surface area contributed by atoms with E-state index in [4.69, 9.17) is 9.15 Å². The number of pyridine rings is 2. The molecular weight excluding hydrogens is 346 g/mol. The standard InChI is InChI=1S/C18H13N7O2/c1-2-15-18(23-8-26-15)27-14(1)9-3-12-16(20-5-9)25-17(24-12)11-4-10-13(6-19-11)22-7-21-10/h3-8,14H,1-2H2,(H,21,22)(H,20,24,25). The van der Waals surface area contributed by atoms with Gasteiger partial charge in [0.2, 0.25) is 0 Å². The lowest BCUT2D eigenvalue weighted by Gasteiger charge is -2.21. The molecule has 2 N–H and O–H groups in total. The second-order valence-electron chi connectivity index (χ2n) is 6.44. The number of imidazole rings is 2. The molecule has 0 radical (unpaired) electrons. The highest BCUT2D eigenvalue weighted by Gasteiger charge is 2.25. The predicted molar refractivity (Wildman–Crippen MR) is 95.0 cm³/mol. The van der Waals surface area contributed by atoms with E-state index in [2.05, 4.69) is 34.9 Å². The summed E-state index contributed by atoms with van der Waals surface area (Å²) in [7, 11) is 0. The number of ether oxygens (including phenoxy) is 1. The Morgan fingerprint density at radius 2 is 2.04 bits per heavy atom. The fraction of sp³-hybridized carbons (Fsp3) is 0.167. The van der Waals surface area contributed by atoms with E-state index in [9.17, 15) is 0 Å². The number of hydrogen-bond donors (Lipinski definition) is 2. The van der Waals surface area contributed by atoms with Gasteiger partial charge in [0, 0.05) is 18.2 Å².